The highest BCUT2D eigenvalue weighted by atomic mass is 32.2. The van der Waals surface area contributed by atoms with E-state index < -0.39 is 12.1 Å². The van der Waals surface area contributed by atoms with Gasteiger partial charge >= 0.3 is 6.03 Å². The molecule has 4 amide bonds. The van der Waals surface area contributed by atoms with Crippen molar-refractivity contribution in [2.24, 2.45) is 5.73 Å². The lowest BCUT2D eigenvalue weighted by Gasteiger charge is -2.26. The third kappa shape index (κ3) is 5.82. The Bertz CT molecular complexity index is 341. The van der Waals surface area contributed by atoms with Crippen LogP contribution in [0.25, 0.3) is 0 Å². The number of piperidine rings is 1. The molecule has 1 heterocycles. The van der Waals surface area contributed by atoms with Gasteiger partial charge in [-0.2, -0.15) is 11.8 Å². The van der Waals surface area contributed by atoms with Gasteiger partial charge in [0.2, 0.25) is 11.8 Å². The summed E-state index contributed by atoms with van der Waals surface area (Å²) >= 11 is 1.59. The zero-order chi connectivity index (χ0) is 14.3. The molecule has 0 aliphatic carbocycles. The van der Waals surface area contributed by atoms with Crippen LogP contribution in [0.4, 0.5) is 4.79 Å². The van der Waals surface area contributed by atoms with Crippen molar-refractivity contribution in [3.8, 4) is 0 Å². The molecule has 0 radical (unpaired) electrons. The van der Waals surface area contributed by atoms with Gasteiger partial charge in [0.25, 0.3) is 0 Å². The van der Waals surface area contributed by atoms with Crippen molar-refractivity contribution in [2.75, 3.05) is 18.6 Å². The van der Waals surface area contributed by atoms with Crippen LogP contribution in [-0.2, 0) is 9.59 Å². The average molecular weight is 288 g/mol. The molecule has 0 bridgehead atoms. The molecule has 2 unspecified atom stereocenters. The van der Waals surface area contributed by atoms with E-state index in [9.17, 15) is 14.4 Å². The zero-order valence-corrected chi connectivity index (χ0v) is 11.7. The first-order valence-electron chi connectivity index (χ1n) is 6.15. The molecule has 0 aromatic rings. The van der Waals surface area contributed by atoms with Crippen molar-refractivity contribution in [1.29, 1.82) is 0 Å². The van der Waals surface area contributed by atoms with Crippen molar-refractivity contribution < 1.29 is 14.4 Å². The van der Waals surface area contributed by atoms with E-state index in [0.29, 0.717) is 25.8 Å². The molecule has 1 aliphatic heterocycles. The second-order valence-corrected chi connectivity index (χ2v) is 5.38. The Morgan fingerprint density at radius 3 is 2.84 bits per heavy atom. The first-order valence-corrected chi connectivity index (χ1v) is 7.54. The topological polar surface area (TPSA) is 113 Å². The van der Waals surface area contributed by atoms with Crippen LogP contribution in [0, 0.1) is 0 Å². The summed E-state index contributed by atoms with van der Waals surface area (Å²) in [6.07, 6.45) is 3.47. The highest BCUT2D eigenvalue weighted by Crippen LogP contribution is 2.05. The third-order valence-electron chi connectivity index (χ3n) is 2.86. The summed E-state index contributed by atoms with van der Waals surface area (Å²) < 4.78 is 0. The quantitative estimate of drug-likeness (QED) is 0.511. The van der Waals surface area contributed by atoms with E-state index in [1.165, 1.54) is 0 Å². The molecule has 5 N–H and O–H groups in total. The van der Waals surface area contributed by atoms with Crippen molar-refractivity contribution in [1.82, 2.24) is 16.0 Å². The lowest BCUT2D eigenvalue weighted by Crippen LogP contribution is -2.54. The van der Waals surface area contributed by atoms with Gasteiger partial charge in [-0.25, -0.2) is 4.79 Å². The number of nitrogens with one attached hydrogen (secondary N) is 3. The number of amides is 4. The van der Waals surface area contributed by atoms with E-state index in [1.807, 2.05) is 6.26 Å². The minimum atomic E-state index is -0.710. The summed E-state index contributed by atoms with van der Waals surface area (Å²) in [4.78, 5) is 33.9. The third-order valence-corrected chi connectivity index (χ3v) is 3.50. The van der Waals surface area contributed by atoms with Gasteiger partial charge in [0, 0.05) is 19.0 Å². The van der Waals surface area contributed by atoms with Gasteiger partial charge in [0.1, 0.15) is 6.04 Å². The summed E-state index contributed by atoms with van der Waals surface area (Å²) in [6, 6.07) is -1.42. The number of thioether (sulfide) groups is 1. The zero-order valence-electron chi connectivity index (χ0n) is 10.9. The molecule has 108 valence electrons. The van der Waals surface area contributed by atoms with Crippen molar-refractivity contribution in [3.05, 3.63) is 0 Å². The Kier molecular flexibility index (Phi) is 6.48. The normalized spacial score (nSPS) is 20.3. The summed E-state index contributed by atoms with van der Waals surface area (Å²) in [5.74, 6) is 0.494. The molecule has 1 aliphatic rings. The SMILES string of the molecule is CSCCC(NC(N)=O)C(=O)NC1CCC(=O)NC1. The maximum absolute atomic E-state index is 12.0. The highest BCUT2D eigenvalue weighted by molar-refractivity contribution is 7.98. The molecule has 8 heteroatoms. The first-order chi connectivity index (χ1) is 9.02. The Balaban J connectivity index is 2.45. The Labute approximate surface area is 116 Å². The number of rotatable bonds is 6. The molecule has 19 heavy (non-hydrogen) atoms. The number of hydrogen-bond acceptors (Lipinski definition) is 4. The predicted molar refractivity (Wildman–Crippen MR) is 73.7 cm³/mol. The molecule has 1 rings (SSSR count). The molecule has 0 spiro atoms. The number of nitrogens with two attached hydrogens (primary N) is 1. The number of primary amides is 1. The van der Waals surface area contributed by atoms with Crippen molar-refractivity contribution >= 4 is 29.6 Å². The van der Waals surface area contributed by atoms with Crippen molar-refractivity contribution in [2.45, 2.75) is 31.3 Å². The van der Waals surface area contributed by atoms with E-state index in [2.05, 4.69) is 16.0 Å². The van der Waals surface area contributed by atoms with Crippen molar-refractivity contribution in [3.63, 3.8) is 0 Å². The van der Waals surface area contributed by atoms with E-state index in [4.69, 9.17) is 5.73 Å². The fraction of sp³-hybridized carbons (Fsp3) is 0.727. The molecule has 2 atom stereocenters. The van der Waals surface area contributed by atoms with Crippen LogP contribution in [0.5, 0.6) is 0 Å². The monoisotopic (exact) mass is 288 g/mol. The second-order valence-electron chi connectivity index (χ2n) is 4.39. The van der Waals surface area contributed by atoms with Gasteiger partial charge in [-0.1, -0.05) is 0 Å². The fourth-order valence-electron chi connectivity index (χ4n) is 1.83. The summed E-state index contributed by atoms with van der Waals surface area (Å²) in [5.41, 5.74) is 5.06. The number of carbonyl (C=O) groups is 3. The standard InChI is InChI=1S/C11H20N4O3S/c1-19-5-4-8(15-11(12)18)10(17)14-7-2-3-9(16)13-6-7/h7-8H,2-6H2,1H3,(H,13,16)(H,14,17)(H3,12,15,18). The molecule has 0 aromatic heterocycles. The van der Waals surface area contributed by atoms with Crippen LogP contribution in [0.15, 0.2) is 0 Å². The number of hydrogen-bond donors (Lipinski definition) is 4. The highest BCUT2D eigenvalue weighted by Gasteiger charge is 2.24. The first kappa shape index (κ1) is 15.6. The number of carbonyl (C=O) groups excluding carboxylic acids is 3. The largest absolute Gasteiger partial charge is 0.354 e. The maximum atomic E-state index is 12.0. The van der Waals surface area contributed by atoms with E-state index in [-0.39, 0.29) is 17.9 Å². The van der Waals surface area contributed by atoms with Crippen LogP contribution in [0.1, 0.15) is 19.3 Å². The molecular weight excluding hydrogens is 268 g/mol. The van der Waals surface area contributed by atoms with Gasteiger partial charge in [-0.3, -0.25) is 9.59 Å². The Morgan fingerprint density at radius 1 is 1.58 bits per heavy atom. The Hall–Kier alpha value is -1.44. The summed E-state index contributed by atoms with van der Waals surface area (Å²) in [7, 11) is 0. The molecule has 0 saturated carbocycles. The molecular formula is C11H20N4O3S. The van der Waals surface area contributed by atoms with Gasteiger partial charge in [-0.05, 0) is 24.9 Å². The summed E-state index contributed by atoms with van der Waals surface area (Å²) in [5, 5.41) is 7.95. The van der Waals surface area contributed by atoms with Gasteiger partial charge in [-0.15, -0.1) is 0 Å². The smallest absolute Gasteiger partial charge is 0.312 e. The van der Waals surface area contributed by atoms with Crippen LogP contribution in [0.3, 0.4) is 0 Å². The van der Waals surface area contributed by atoms with Crippen LogP contribution in [-0.4, -0.2) is 48.5 Å². The molecule has 7 nitrogen and oxygen atoms in total. The fourth-order valence-corrected chi connectivity index (χ4v) is 2.31. The van der Waals surface area contributed by atoms with E-state index >= 15 is 0 Å². The minimum absolute atomic E-state index is 0.000284. The molecule has 1 saturated heterocycles. The van der Waals surface area contributed by atoms with Gasteiger partial charge in [0.05, 0.1) is 0 Å². The predicted octanol–water partition coefficient (Wildman–Crippen LogP) is -0.829. The lowest BCUT2D eigenvalue weighted by molar-refractivity contribution is -0.126. The van der Waals surface area contributed by atoms with Gasteiger partial charge in [0.15, 0.2) is 0 Å². The minimum Gasteiger partial charge on any atom is -0.354 e. The van der Waals surface area contributed by atoms with Gasteiger partial charge < -0.3 is 21.7 Å². The molecule has 1 fully saturated rings. The summed E-state index contributed by atoms with van der Waals surface area (Å²) in [6.45, 7) is 0.427. The van der Waals surface area contributed by atoms with E-state index in [1.54, 1.807) is 11.8 Å². The molecule has 0 aromatic carbocycles. The second kappa shape index (κ2) is 7.88. The maximum Gasteiger partial charge on any atom is 0.312 e. The number of urea groups is 1. The van der Waals surface area contributed by atoms with Crippen LogP contribution in [0.2, 0.25) is 0 Å². The Morgan fingerprint density at radius 2 is 2.32 bits per heavy atom. The van der Waals surface area contributed by atoms with E-state index in [0.717, 1.165) is 5.75 Å². The average Bonchev–Trinajstić information content (AvgIpc) is 2.36. The lowest BCUT2D eigenvalue weighted by atomic mass is 10.1. The van der Waals surface area contributed by atoms with Crippen LogP contribution >= 0.6 is 11.8 Å². The van der Waals surface area contributed by atoms with Crippen LogP contribution < -0.4 is 21.7 Å².